The van der Waals surface area contributed by atoms with Crippen LogP contribution in [0.2, 0.25) is 0 Å². The average molecular weight is 405 g/mol. The number of carbonyl (C=O) groups is 1. The number of hydrogen-bond donors (Lipinski definition) is 0. The predicted molar refractivity (Wildman–Crippen MR) is 123 cm³/mol. The lowest BCUT2D eigenvalue weighted by Gasteiger charge is -2.38. The van der Waals surface area contributed by atoms with Gasteiger partial charge in [-0.3, -0.25) is 9.69 Å². The van der Waals surface area contributed by atoms with Crippen molar-refractivity contribution in [2.24, 2.45) is 11.8 Å². The summed E-state index contributed by atoms with van der Waals surface area (Å²) in [5.74, 6) is 1.30. The Morgan fingerprint density at radius 3 is 2.27 bits per heavy atom. The van der Waals surface area contributed by atoms with Gasteiger partial charge >= 0.3 is 0 Å². The third kappa shape index (κ3) is 5.51. The van der Waals surface area contributed by atoms with Crippen LogP contribution in [-0.2, 0) is 24.2 Å². The molecule has 2 aromatic rings. The van der Waals surface area contributed by atoms with Crippen LogP contribution in [0.1, 0.15) is 49.3 Å². The molecule has 0 N–H and O–H groups in total. The molecule has 2 saturated heterocycles. The minimum atomic E-state index is 0.180. The quantitative estimate of drug-likeness (QED) is 0.681. The van der Waals surface area contributed by atoms with Gasteiger partial charge in [-0.05, 0) is 67.7 Å². The summed E-state index contributed by atoms with van der Waals surface area (Å²) in [5.41, 5.74) is 4.18. The maximum absolute atomic E-state index is 13.2. The van der Waals surface area contributed by atoms with Crippen molar-refractivity contribution in [3.05, 3.63) is 71.3 Å². The summed E-state index contributed by atoms with van der Waals surface area (Å²) >= 11 is 0. The molecule has 0 bridgehead atoms. The Morgan fingerprint density at radius 2 is 1.57 bits per heavy atom. The highest BCUT2D eigenvalue weighted by molar-refractivity contribution is 5.79. The highest BCUT2D eigenvalue weighted by Gasteiger charge is 2.31. The summed E-state index contributed by atoms with van der Waals surface area (Å²) in [6.07, 6.45) is 6.70. The number of aryl methyl sites for hydroxylation is 1. The highest BCUT2D eigenvalue weighted by Crippen LogP contribution is 2.26. The molecule has 30 heavy (non-hydrogen) atoms. The van der Waals surface area contributed by atoms with Gasteiger partial charge in [0, 0.05) is 26.2 Å². The Labute approximate surface area is 182 Å². The molecular weight excluding hydrogens is 368 g/mol. The van der Waals surface area contributed by atoms with Crippen LogP contribution in [0.5, 0.6) is 0 Å². The van der Waals surface area contributed by atoms with Gasteiger partial charge in [0.2, 0.25) is 5.91 Å². The van der Waals surface area contributed by atoms with Crippen molar-refractivity contribution in [1.29, 1.82) is 0 Å². The van der Waals surface area contributed by atoms with Gasteiger partial charge in [-0.2, -0.15) is 0 Å². The van der Waals surface area contributed by atoms with Crippen molar-refractivity contribution >= 4 is 5.91 Å². The number of benzene rings is 2. The standard InChI is InChI=1S/C27H36N2O/c1-2-22-10-12-25(13-11-22)20-28-16-6-9-26(21-28)27(30)29-17-14-24(15-18-29)19-23-7-4-3-5-8-23/h3-5,7-8,10-13,24,26H,2,6,9,14-21H2,1H3/t26-/m0/s1. The third-order valence-corrected chi connectivity index (χ3v) is 6.99. The van der Waals surface area contributed by atoms with Crippen LogP contribution >= 0.6 is 0 Å². The second-order valence-corrected chi connectivity index (χ2v) is 9.20. The number of piperidine rings is 2. The summed E-state index contributed by atoms with van der Waals surface area (Å²) < 4.78 is 0. The van der Waals surface area contributed by atoms with E-state index in [0.29, 0.717) is 11.8 Å². The van der Waals surface area contributed by atoms with E-state index >= 15 is 0 Å². The molecule has 0 spiro atoms. The second-order valence-electron chi connectivity index (χ2n) is 9.20. The van der Waals surface area contributed by atoms with E-state index < -0.39 is 0 Å². The summed E-state index contributed by atoms with van der Waals surface area (Å²) in [6, 6.07) is 19.8. The molecule has 3 heteroatoms. The maximum atomic E-state index is 13.2. The lowest BCUT2D eigenvalue weighted by Crippen LogP contribution is -2.47. The van der Waals surface area contributed by atoms with Crippen LogP contribution in [-0.4, -0.2) is 41.9 Å². The Bertz CT molecular complexity index is 793. The molecule has 3 nitrogen and oxygen atoms in total. The molecule has 2 heterocycles. The normalized spacial score (nSPS) is 21.0. The van der Waals surface area contributed by atoms with E-state index in [2.05, 4.69) is 71.3 Å². The van der Waals surface area contributed by atoms with E-state index in [1.165, 1.54) is 16.7 Å². The van der Waals surface area contributed by atoms with Gasteiger partial charge in [0.25, 0.3) is 0 Å². The van der Waals surface area contributed by atoms with Crippen LogP contribution in [0.4, 0.5) is 0 Å². The number of likely N-dealkylation sites (tertiary alicyclic amines) is 2. The number of hydrogen-bond acceptors (Lipinski definition) is 2. The van der Waals surface area contributed by atoms with E-state index in [1.807, 2.05) is 0 Å². The molecule has 4 rings (SSSR count). The molecular formula is C27H36N2O. The molecule has 2 aliphatic heterocycles. The smallest absolute Gasteiger partial charge is 0.226 e. The van der Waals surface area contributed by atoms with Gasteiger partial charge in [0.15, 0.2) is 0 Å². The van der Waals surface area contributed by atoms with Crippen molar-refractivity contribution in [2.45, 2.75) is 52.0 Å². The minimum absolute atomic E-state index is 0.180. The van der Waals surface area contributed by atoms with Crippen molar-refractivity contribution in [2.75, 3.05) is 26.2 Å². The molecule has 2 fully saturated rings. The van der Waals surface area contributed by atoms with Crippen LogP contribution in [0.25, 0.3) is 0 Å². The second kappa shape index (κ2) is 10.3. The van der Waals surface area contributed by atoms with Gasteiger partial charge in [-0.1, -0.05) is 61.5 Å². The fraction of sp³-hybridized carbons (Fsp3) is 0.519. The van der Waals surface area contributed by atoms with Crippen molar-refractivity contribution < 1.29 is 4.79 Å². The summed E-state index contributed by atoms with van der Waals surface area (Å²) in [7, 11) is 0. The fourth-order valence-corrected chi connectivity index (χ4v) is 5.10. The largest absolute Gasteiger partial charge is 0.342 e. The van der Waals surface area contributed by atoms with Crippen LogP contribution in [0.3, 0.4) is 0 Å². The van der Waals surface area contributed by atoms with Crippen LogP contribution < -0.4 is 0 Å². The first-order valence-corrected chi connectivity index (χ1v) is 11.8. The van der Waals surface area contributed by atoms with Crippen LogP contribution in [0, 0.1) is 11.8 Å². The van der Waals surface area contributed by atoms with Crippen molar-refractivity contribution in [3.8, 4) is 0 Å². The van der Waals surface area contributed by atoms with E-state index in [1.54, 1.807) is 0 Å². The molecule has 2 aromatic carbocycles. The summed E-state index contributed by atoms with van der Waals surface area (Å²) in [5, 5.41) is 0. The molecule has 1 amide bonds. The van der Waals surface area contributed by atoms with E-state index in [4.69, 9.17) is 0 Å². The average Bonchev–Trinajstić information content (AvgIpc) is 2.80. The van der Waals surface area contributed by atoms with Crippen LogP contribution in [0.15, 0.2) is 54.6 Å². The van der Waals surface area contributed by atoms with E-state index in [9.17, 15) is 4.79 Å². The molecule has 1 atom stereocenters. The number of rotatable bonds is 6. The molecule has 0 radical (unpaired) electrons. The SMILES string of the molecule is CCc1ccc(CN2CCC[C@H](C(=O)N3CCC(Cc4ccccc4)CC3)C2)cc1. The van der Waals surface area contributed by atoms with Gasteiger partial charge in [-0.15, -0.1) is 0 Å². The first kappa shape index (κ1) is 21.1. The van der Waals surface area contributed by atoms with Crippen molar-refractivity contribution in [3.63, 3.8) is 0 Å². The monoisotopic (exact) mass is 404 g/mol. The van der Waals surface area contributed by atoms with Crippen molar-refractivity contribution in [1.82, 2.24) is 9.80 Å². The zero-order chi connectivity index (χ0) is 20.8. The third-order valence-electron chi connectivity index (χ3n) is 6.99. The maximum Gasteiger partial charge on any atom is 0.226 e. The Morgan fingerprint density at radius 1 is 0.867 bits per heavy atom. The number of nitrogens with zero attached hydrogens (tertiary/aromatic N) is 2. The lowest BCUT2D eigenvalue weighted by atomic mass is 9.89. The van der Waals surface area contributed by atoms with Gasteiger partial charge in [-0.25, -0.2) is 0 Å². The van der Waals surface area contributed by atoms with Gasteiger partial charge < -0.3 is 4.90 Å². The zero-order valence-corrected chi connectivity index (χ0v) is 18.4. The topological polar surface area (TPSA) is 23.6 Å². The van der Waals surface area contributed by atoms with E-state index in [-0.39, 0.29) is 5.92 Å². The highest BCUT2D eigenvalue weighted by atomic mass is 16.2. The lowest BCUT2D eigenvalue weighted by molar-refractivity contribution is -0.138. The Balaban J connectivity index is 1.26. The molecule has 0 aromatic heterocycles. The number of amides is 1. The summed E-state index contributed by atoms with van der Waals surface area (Å²) in [6.45, 7) is 7.06. The Kier molecular flexibility index (Phi) is 7.22. The van der Waals surface area contributed by atoms with Gasteiger partial charge in [0.1, 0.15) is 0 Å². The zero-order valence-electron chi connectivity index (χ0n) is 18.4. The first-order valence-electron chi connectivity index (χ1n) is 11.8. The fourth-order valence-electron chi connectivity index (χ4n) is 5.10. The molecule has 160 valence electrons. The minimum Gasteiger partial charge on any atom is -0.342 e. The molecule has 0 saturated carbocycles. The van der Waals surface area contributed by atoms with Gasteiger partial charge in [0.05, 0.1) is 5.92 Å². The molecule has 2 aliphatic rings. The molecule has 0 unspecified atom stereocenters. The predicted octanol–water partition coefficient (Wildman–Crippen LogP) is 4.94. The first-order chi connectivity index (χ1) is 14.7. The molecule has 0 aliphatic carbocycles. The van der Waals surface area contributed by atoms with E-state index in [0.717, 1.165) is 71.2 Å². The summed E-state index contributed by atoms with van der Waals surface area (Å²) in [4.78, 5) is 17.8. The Hall–Kier alpha value is -2.13. The number of carbonyl (C=O) groups excluding carboxylic acids is 1.